The van der Waals surface area contributed by atoms with E-state index < -0.39 is 67.0 Å². The highest BCUT2D eigenvalue weighted by Crippen LogP contribution is 2.38. The van der Waals surface area contributed by atoms with Gasteiger partial charge in [-0.3, -0.25) is 0 Å². The Morgan fingerprint density at radius 2 is 1.90 bits per heavy atom. The standard InChI is InChI=1S/C21H32O10/c1-10-7-14-12(21(2,28)20(27)31-14)5-3-11(8-22)4-6-13(10)29-19-18(26)17(25)16(24)15(9-23)30-19/h4,7,12-19,22-26,28H,3,5-6,8-9H2,1-2H3/b10-7-,11-4+/t12-,13+,14-,15-,16-,17-,18+,19-,21-/m1/s1. The van der Waals surface area contributed by atoms with Crippen molar-refractivity contribution in [1.29, 1.82) is 0 Å². The summed E-state index contributed by atoms with van der Waals surface area (Å²) < 4.78 is 16.7. The largest absolute Gasteiger partial charge is 0.456 e. The van der Waals surface area contributed by atoms with Gasteiger partial charge in [-0.15, -0.1) is 0 Å². The van der Waals surface area contributed by atoms with Gasteiger partial charge in [-0.1, -0.05) is 6.08 Å². The van der Waals surface area contributed by atoms with Crippen LogP contribution in [0.2, 0.25) is 0 Å². The molecule has 2 saturated heterocycles. The summed E-state index contributed by atoms with van der Waals surface area (Å²) in [6, 6.07) is 0. The monoisotopic (exact) mass is 444 g/mol. The fraction of sp³-hybridized carbons (Fsp3) is 0.762. The number of esters is 1. The van der Waals surface area contributed by atoms with Crippen molar-refractivity contribution in [3.63, 3.8) is 0 Å². The van der Waals surface area contributed by atoms with Gasteiger partial charge in [-0.25, -0.2) is 4.79 Å². The maximum atomic E-state index is 12.2. The molecular weight excluding hydrogens is 412 g/mol. The molecule has 0 aromatic rings. The number of ether oxygens (including phenoxy) is 3. The first-order valence-corrected chi connectivity index (χ1v) is 10.5. The molecule has 2 fully saturated rings. The maximum Gasteiger partial charge on any atom is 0.338 e. The van der Waals surface area contributed by atoms with Crippen LogP contribution in [0.5, 0.6) is 0 Å². The number of rotatable bonds is 4. The topological polar surface area (TPSA) is 166 Å². The lowest BCUT2D eigenvalue weighted by Crippen LogP contribution is -2.59. The van der Waals surface area contributed by atoms with Crippen molar-refractivity contribution in [1.82, 2.24) is 0 Å². The van der Waals surface area contributed by atoms with E-state index in [0.717, 1.165) is 0 Å². The van der Waals surface area contributed by atoms with E-state index in [1.165, 1.54) is 6.92 Å². The molecular formula is C21H32O10. The predicted octanol–water partition coefficient (Wildman–Crippen LogP) is -1.49. The smallest absolute Gasteiger partial charge is 0.338 e. The second-order valence-electron chi connectivity index (χ2n) is 8.65. The minimum atomic E-state index is -1.66. The fourth-order valence-electron chi connectivity index (χ4n) is 4.31. The Kier molecular flexibility index (Phi) is 7.54. The number of aliphatic hydroxyl groups excluding tert-OH is 5. The Labute approximate surface area is 180 Å². The van der Waals surface area contributed by atoms with Crippen molar-refractivity contribution in [2.75, 3.05) is 13.2 Å². The van der Waals surface area contributed by atoms with Crippen molar-refractivity contribution < 1.29 is 49.6 Å². The van der Waals surface area contributed by atoms with Gasteiger partial charge in [-0.05, 0) is 50.3 Å². The van der Waals surface area contributed by atoms with E-state index in [2.05, 4.69) is 0 Å². The third-order valence-corrected chi connectivity index (χ3v) is 6.46. The van der Waals surface area contributed by atoms with Crippen molar-refractivity contribution in [2.24, 2.45) is 5.92 Å². The highest BCUT2D eigenvalue weighted by Gasteiger charge is 2.52. The molecule has 6 N–H and O–H groups in total. The van der Waals surface area contributed by atoms with E-state index in [0.29, 0.717) is 30.4 Å². The normalized spacial score (nSPS) is 47.5. The lowest BCUT2D eigenvalue weighted by atomic mass is 9.81. The van der Waals surface area contributed by atoms with E-state index >= 15 is 0 Å². The molecule has 9 atom stereocenters. The molecule has 10 nitrogen and oxygen atoms in total. The van der Waals surface area contributed by atoms with E-state index in [1.54, 1.807) is 19.1 Å². The molecule has 3 rings (SSSR count). The van der Waals surface area contributed by atoms with Crippen LogP contribution >= 0.6 is 0 Å². The van der Waals surface area contributed by atoms with Crippen molar-refractivity contribution in [2.45, 2.75) is 81.6 Å². The fourth-order valence-corrected chi connectivity index (χ4v) is 4.31. The number of aliphatic hydroxyl groups is 6. The van der Waals surface area contributed by atoms with Crippen molar-refractivity contribution in [3.8, 4) is 0 Å². The average Bonchev–Trinajstić information content (AvgIpc) is 2.94. The summed E-state index contributed by atoms with van der Waals surface area (Å²) in [6.45, 7) is 2.37. The Morgan fingerprint density at radius 1 is 1.19 bits per heavy atom. The van der Waals surface area contributed by atoms with Gasteiger partial charge in [0.1, 0.15) is 30.5 Å². The number of fused-ring (bicyclic) bond motifs is 1. The Morgan fingerprint density at radius 3 is 2.55 bits per heavy atom. The first-order chi connectivity index (χ1) is 14.6. The molecule has 2 aliphatic heterocycles. The second kappa shape index (κ2) is 9.63. The molecule has 0 saturated carbocycles. The zero-order valence-corrected chi connectivity index (χ0v) is 17.6. The molecule has 0 spiro atoms. The third kappa shape index (κ3) is 4.86. The summed E-state index contributed by atoms with van der Waals surface area (Å²) in [5.74, 6) is -1.23. The minimum absolute atomic E-state index is 0.205. The minimum Gasteiger partial charge on any atom is -0.456 e. The van der Waals surface area contributed by atoms with Crippen LogP contribution in [0.4, 0.5) is 0 Å². The van der Waals surface area contributed by atoms with E-state index in [4.69, 9.17) is 14.2 Å². The molecule has 0 aromatic heterocycles. The van der Waals surface area contributed by atoms with Gasteiger partial charge in [0.25, 0.3) is 0 Å². The van der Waals surface area contributed by atoms with Crippen LogP contribution in [0.15, 0.2) is 23.3 Å². The lowest BCUT2D eigenvalue weighted by Gasteiger charge is -2.41. The maximum absolute atomic E-state index is 12.2. The summed E-state index contributed by atoms with van der Waals surface area (Å²) in [4.78, 5) is 12.2. The van der Waals surface area contributed by atoms with Crippen LogP contribution in [-0.4, -0.2) is 98.3 Å². The SMILES string of the molecule is C/C1=C/[C@H]2OC(=O)[C@](C)(O)[C@@H]2CC/C(CO)=C\C[C@@H]1O[C@@H]1O[C@H](CO)[C@@H](O)[C@@H](O)[C@@H]1O. The molecule has 31 heavy (non-hydrogen) atoms. The van der Waals surface area contributed by atoms with Crippen molar-refractivity contribution >= 4 is 5.97 Å². The van der Waals surface area contributed by atoms with Crippen LogP contribution in [0, 0.1) is 5.92 Å². The van der Waals surface area contributed by atoms with E-state index in [1.807, 2.05) is 0 Å². The quantitative estimate of drug-likeness (QED) is 0.222. The van der Waals surface area contributed by atoms with Crippen LogP contribution in [-0.2, 0) is 19.0 Å². The van der Waals surface area contributed by atoms with Crippen LogP contribution in [0.1, 0.15) is 33.1 Å². The molecule has 10 heteroatoms. The van der Waals surface area contributed by atoms with Gasteiger partial charge in [0.15, 0.2) is 11.9 Å². The Hall–Kier alpha value is -1.37. The molecule has 0 aromatic carbocycles. The third-order valence-electron chi connectivity index (χ3n) is 6.46. The summed E-state index contributed by atoms with van der Waals surface area (Å²) in [5.41, 5.74) is -0.326. The van der Waals surface area contributed by atoms with Crippen LogP contribution in [0.3, 0.4) is 0 Å². The Balaban J connectivity index is 1.87. The van der Waals surface area contributed by atoms with Gasteiger partial charge in [-0.2, -0.15) is 0 Å². The molecule has 0 unspecified atom stereocenters. The van der Waals surface area contributed by atoms with Gasteiger partial charge in [0.05, 0.1) is 19.3 Å². The lowest BCUT2D eigenvalue weighted by molar-refractivity contribution is -0.308. The number of carbonyl (C=O) groups is 1. The Bertz CT molecular complexity index is 715. The molecule has 0 radical (unpaired) electrons. The predicted molar refractivity (Wildman–Crippen MR) is 105 cm³/mol. The summed E-state index contributed by atoms with van der Waals surface area (Å²) in [6.07, 6.45) is -3.77. The van der Waals surface area contributed by atoms with Gasteiger partial charge >= 0.3 is 5.97 Å². The van der Waals surface area contributed by atoms with Gasteiger partial charge in [0.2, 0.25) is 0 Å². The zero-order valence-electron chi connectivity index (χ0n) is 17.6. The van der Waals surface area contributed by atoms with Crippen molar-refractivity contribution in [3.05, 3.63) is 23.3 Å². The number of hydrogen-bond acceptors (Lipinski definition) is 10. The molecule has 2 heterocycles. The highest BCUT2D eigenvalue weighted by atomic mass is 16.7. The summed E-state index contributed by atoms with van der Waals surface area (Å²) >= 11 is 0. The molecule has 0 bridgehead atoms. The zero-order chi connectivity index (χ0) is 22.9. The number of hydrogen-bond donors (Lipinski definition) is 6. The highest BCUT2D eigenvalue weighted by molar-refractivity contribution is 5.82. The first-order valence-electron chi connectivity index (χ1n) is 10.5. The molecule has 3 aliphatic rings. The van der Waals surface area contributed by atoms with E-state index in [9.17, 15) is 35.4 Å². The van der Waals surface area contributed by atoms with Crippen LogP contribution in [0.25, 0.3) is 0 Å². The molecule has 1 aliphatic carbocycles. The second-order valence-corrected chi connectivity index (χ2v) is 8.65. The first kappa shape index (κ1) is 24.3. The summed E-state index contributed by atoms with van der Waals surface area (Å²) in [5, 5.41) is 60.0. The van der Waals surface area contributed by atoms with Gasteiger partial charge < -0.3 is 44.8 Å². The van der Waals surface area contributed by atoms with Gasteiger partial charge in [0, 0.05) is 5.92 Å². The molecule has 176 valence electrons. The average molecular weight is 444 g/mol. The molecule has 0 amide bonds. The van der Waals surface area contributed by atoms with Crippen LogP contribution < -0.4 is 0 Å². The van der Waals surface area contributed by atoms with E-state index in [-0.39, 0.29) is 6.61 Å². The number of carbonyl (C=O) groups excluding carboxylic acids is 1. The summed E-state index contributed by atoms with van der Waals surface area (Å²) in [7, 11) is 0.